The van der Waals surface area contributed by atoms with Crippen LogP contribution >= 0.6 is 0 Å². The average Bonchev–Trinajstić information content (AvgIpc) is 2.50. The molecule has 0 fully saturated rings. The first-order valence-corrected chi connectivity index (χ1v) is 9.69. The van der Waals surface area contributed by atoms with Crippen LogP contribution in [0, 0.1) is 0 Å². The van der Waals surface area contributed by atoms with Crippen LogP contribution in [0.15, 0.2) is 35.7 Å². The van der Waals surface area contributed by atoms with Crippen molar-refractivity contribution in [2.24, 2.45) is 0 Å². The third-order valence-electron chi connectivity index (χ3n) is 3.43. The van der Waals surface area contributed by atoms with Crippen LogP contribution in [0.4, 0.5) is 0 Å². The Labute approximate surface area is 142 Å². The molecule has 0 radical (unpaired) electrons. The van der Waals surface area contributed by atoms with E-state index in [2.05, 4.69) is 27.6 Å². The van der Waals surface area contributed by atoms with Gasteiger partial charge in [0.1, 0.15) is 10.1 Å². The molecule has 1 aromatic carbocycles. The zero-order valence-corrected chi connectivity index (χ0v) is 15.5. The fraction of sp³-hybridized carbons (Fsp3) is 0.556. The van der Waals surface area contributed by atoms with Gasteiger partial charge in [-0.3, -0.25) is 0 Å². The Balaban J connectivity index is 0.000000423. The highest BCUT2D eigenvalue weighted by Crippen LogP contribution is 2.10. The predicted octanol–water partition coefficient (Wildman–Crippen LogP) is 2.73. The Hall–Kier alpha value is -1.17. The van der Waals surface area contributed by atoms with Crippen molar-refractivity contribution in [3.63, 3.8) is 0 Å². The standard InChI is InChI=1S/C10H23N.C8H8O3S/c1-4-5-6-7-8-9-10-11(2)3;1-2-7-3-5-8(6-4-7)12(9,10)11/h4-10H2,1-3H3;2-6H,1H2,(H,9,10,11). The van der Waals surface area contributed by atoms with Crippen LogP contribution in [0.3, 0.4) is 0 Å². The van der Waals surface area contributed by atoms with Crippen molar-refractivity contribution in [2.75, 3.05) is 20.6 Å². The van der Waals surface area contributed by atoms with Crippen LogP contribution in [-0.4, -0.2) is 33.6 Å². The van der Waals surface area contributed by atoms with Crippen molar-refractivity contribution in [2.45, 2.75) is 50.3 Å². The van der Waals surface area contributed by atoms with E-state index in [-0.39, 0.29) is 4.90 Å². The number of nitrogens with one attached hydrogen (secondary N) is 1. The third kappa shape index (κ3) is 12.0. The summed E-state index contributed by atoms with van der Waals surface area (Å²) in [6.07, 6.45) is 10.1. The molecule has 5 heteroatoms. The summed E-state index contributed by atoms with van der Waals surface area (Å²) in [7, 11) is 0.144. The van der Waals surface area contributed by atoms with Gasteiger partial charge in [0.15, 0.2) is 0 Å². The normalized spacial score (nSPS) is 11.0. The van der Waals surface area contributed by atoms with E-state index in [1.165, 1.54) is 69.3 Å². The lowest BCUT2D eigenvalue weighted by Crippen LogP contribution is -3.05. The zero-order chi connectivity index (χ0) is 17.7. The van der Waals surface area contributed by atoms with Crippen molar-refractivity contribution in [3.8, 4) is 0 Å². The minimum Gasteiger partial charge on any atom is -0.744 e. The molecule has 0 aliphatic carbocycles. The molecular formula is C18H31NO3S. The molecule has 0 aliphatic rings. The molecule has 132 valence electrons. The number of benzene rings is 1. The van der Waals surface area contributed by atoms with Gasteiger partial charge in [-0.25, -0.2) is 8.42 Å². The van der Waals surface area contributed by atoms with Gasteiger partial charge in [0.05, 0.1) is 25.5 Å². The molecule has 0 atom stereocenters. The Morgan fingerprint density at radius 1 is 1.04 bits per heavy atom. The lowest BCUT2D eigenvalue weighted by molar-refractivity contribution is -0.858. The summed E-state index contributed by atoms with van der Waals surface area (Å²) in [5.41, 5.74) is 0.780. The van der Waals surface area contributed by atoms with Crippen molar-refractivity contribution in [3.05, 3.63) is 36.4 Å². The van der Waals surface area contributed by atoms with E-state index in [1.54, 1.807) is 11.0 Å². The Kier molecular flexibility index (Phi) is 11.7. The summed E-state index contributed by atoms with van der Waals surface area (Å²) >= 11 is 0. The van der Waals surface area contributed by atoms with E-state index in [0.29, 0.717) is 0 Å². The summed E-state index contributed by atoms with van der Waals surface area (Å²) < 4.78 is 31.4. The van der Waals surface area contributed by atoms with E-state index < -0.39 is 10.1 Å². The molecule has 0 saturated carbocycles. The smallest absolute Gasteiger partial charge is 0.124 e. The highest BCUT2D eigenvalue weighted by Gasteiger charge is 1.98. The van der Waals surface area contributed by atoms with Gasteiger partial charge in [-0.1, -0.05) is 57.4 Å². The zero-order valence-electron chi connectivity index (χ0n) is 14.7. The molecule has 0 heterocycles. The molecule has 0 aliphatic heterocycles. The average molecular weight is 342 g/mol. The topological polar surface area (TPSA) is 61.6 Å². The van der Waals surface area contributed by atoms with Gasteiger partial charge >= 0.3 is 0 Å². The van der Waals surface area contributed by atoms with Crippen LogP contribution in [0.1, 0.15) is 51.0 Å². The summed E-state index contributed by atoms with van der Waals surface area (Å²) in [6, 6.07) is 5.58. The van der Waals surface area contributed by atoms with Crippen molar-refractivity contribution < 1.29 is 17.9 Å². The molecule has 23 heavy (non-hydrogen) atoms. The first-order chi connectivity index (χ1) is 10.8. The van der Waals surface area contributed by atoms with E-state index in [9.17, 15) is 13.0 Å². The van der Waals surface area contributed by atoms with Crippen LogP contribution < -0.4 is 4.90 Å². The van der Waals surface area contributed by atoms with Crippen LogP contribution in [0.25, 0.3) is 6.08 Å². The van der Waals surface area contributed by atoms with Crippen molar-refractivity contribution >= 4 is 16.2 Å². The molecule has 0 aromatic heterocycles. The maximum atomic E-state index is 10.5. The summed E-state index contributed by atoms with van der Waals surface area (Å²) in [5.74, 6) is 0. The molecule has 1 rings (SSSR count). The molecule has 0 saturated heterocycles. The van der Waals surface area contributed by atoms with Gasteiger partial charge < -0.3 is 9.45 Å². The number of quaternary nitrogens is 1. The highest BCUT2D eigenvalue weighted by molar-refractivity contribution is 7.85. The summed E-state index contributed by atoms with van der Waals surface area (Å²) in [5, 5.41) is 0. The second kappa shape index (κ2) is 12.3. The molecule has 0 bridgehead atoms. The van der Waals surface area contributed by atoms with Gasteiger partial charge in [-0.15, -0.1) is 0 Å². The summed E-state index contributed by atoms with van der Waals surface area (Å²) in [6.45, 7) is 7.10. The lowest BCUT2D eigenvalue weighted by atomic mass is 10.1. The maximum Gasteiger partial charge on any atom is 0.124 e. The molecule has 1 aromatic rings. The van der Waals surface area contributed by atoms with Crippen LogP contribution in [0.2, 0.25) is 0 Å². The van der Waals surface area contributed by atoms with Gasteiger partial charge in [0, 0.05) is 0 Å². The fourth-order valence-corrected chi connectivity index (χ4v) is 2.50. The van der Waals surface area contributed by atoms with Crippen molar-refractivity contribution in [1.82, 2.24) is 0 Å². The fourth-order valence-electron chi connectivity index (χ4n) is 2.03. The number of rotatable bonds is 9. The monoisotopic (exact) mass is 341 g/mol. The molecule has 1 N–H and O–H groups in total. The van der Waals surface area contributed by atoms with Gasteiger partial charge in [-0.05, 0) is 30.5 Å². The van der Waals surface area contributed by atoms with E-state index in [0.717, 1.165) is 5.56 Å². The number of hydrogen-bond acceptors (Lipinski definition) is 3. The third-order valence-corrected chi connectivity index (χ3v) is 4.28. The highest BCUT2D eigenvalue weighted by atomic mass is 32.2. The quantitative estimate of drug-likeness (QED) is 0.555. The maximum absolute atomic E-state index is 10.5. The number of unbranched alkanes of at least 4 members (excludes halogenated alkanes) is 5. The van der Waals surface area contributed by atoms with Gasteiger partial charge in [-0.2, -0.15) is 0 Å². The Morgan fingerprint density at radius 2 is 1.57 bits per heavy atom. The largest absolute Gasteiger partial charge is 0.744 e. The van der Waals surface area contributed by atoms with E-state index in [4.69, 9.17) is 0 Å². The lowest BCUT2D eigenvalue weighted by Gasteiger charge is -2.05. The predicted molar refractivity (Wildman–Crippen MR) is 95.5 cm³/mol. The van der Waals surface area contributed by atoms with Gasteiger partial charge in [0.2, 0.25) is 0 Å². The molecular weight excluding hydrogens is 310 g/mol. The Morgan fingerprint density at radius 3 is 2.00 bits per heavy atom. The minimum atomic E-state index is -4.31. The first-order valence-electron chi connectivity index (χ1n) is 8.28. The minimum absolute atomic E-state index is 0.215. The van der Waals surface area contributed by atoms with Crippen LogP contribution in [0.5, 0.6) is 0 Å². The van der Waals surface area contributed by atoms with Crippen molar-refractivity contribution in [1.29, 1.82) is 0 Å². The Bertz CT molecular complexity index is 522. The molecule has 0 spiro atoms. The van der Waals surface area contributed by atoms with Gasteiger partial charge in [0.25, 0.3) is 0 Å². The molecule has 0 unspecified atom stereocenters. The first kappa shape index (κ1) is 21.8. The van der Waals surface area contributed by atoms with E-state index in [1.807, 2.05) is 0 Å². The number of hydrogen-bond donors (Lipinski definition) is 1. The van der Waals surface area contributed by atoms with Crippen LogP contribution in [-0.2, 0) is 10.1 Å². The molecule has 0 amide bonds. The van der Waals surface area contributed by atoms with E-state index >= 15 is 0 Å². The summed E-state index contributed by atoms with van der Waals surface area (Å²) in [4.78, 5) is 1.37. The second-order valence-electron chi connectivity index (χ2n) is 5.95. The SMILES string of the molecule is C=Cc1ccc(S(=O)(=O)[O-])cc1.CCCCCCCC[NH+](C)C. The molecule has 4 nitrogen and oxygen atoms in total. The second-order valence-corrected chi connectivity index (χ2v) is 7.33.